The average molecular weight is 338 g/mol. The van der Waals surface area contributed by atoms with Crippen molar-refractivity contribution < 1.29 is 9.66 Å². The molecule has 0 amide bonds. The van der Waals surface area contributed by atoms with Crippen molar-refractivity contribution >= 4 is 5.69 Å². The molecule has 7 heteroatoms. The second-order valence-corrected chi connectivity index (χ2v) is 5.62. The monoisotopic (exact) mass is 338 g/mol. The van der Waals surface area contributed by atoms with Crippen molar-refractivity contribution in [2.45, 2.75) is 25.8 Å². The number of hydrogen-bond acceptors (Lipinski definition) is 5. The standard InChI is InChI=1S/C18H18N4O3/c23-22(24)16-5-3-6-18(14-16)25-17-9-7-15(8-10-17)4-1-2-12-21-13-11-19-20-21/h3,5-11,13-14H,1-2,4,12H2. The van der Waals surface area contributed by atoms with Crippen LogP contribution in [0.4, 0.5) is 5.69 Å². The molecule has 25 heavy (non-hydrogen) atoms. The van der Waals surface area contributed by atoms with Crippen LogP contribution in [0.15, 0.2) is 60.9 Å². The summed E-state index contributed by atoms with van der Waals surface area (Å²) < 4.78 is 7.51. The Bertz CT molecular complexity index is 817. The van der Waals surface area contributed by atoms with Crippen LogP contribution in [0.25, 0.3) is 0 Å². The van der Waals surface area contributed by atoms with Gasteiger partial charge in [-0.15, -0.1) is 5.10 Å². The molecule has 0 aliphatic heterocycles. The molecule has 128 valence electrons. The van der Waals surface area contributed by atoms with Crippen LogP contribution in [0.3, 0.4) is 0 Å². The van der Waals surface area contributed by atoms with Crippen molar-refractivity contribution in [3.05, 3.63) is 76.6 Å². The van der Waals surface area contributed by atoms with Gasteiger partial charge in [0.2, 0.25) is 0 Å². The van der Waals surface area contributed by atoms with E-state index in [0.29, 0.717) is 11.5 Å². The van der Waals surface area contributed by atoms with E-state index in [1.54, 1.807) is 18.3 Å². The highest BCUT2D eigenvalue weighted by molar-refractivity contribution is 5.40. The summed E-state index contributed by atoms with van der Waals surface area (Å²) in [6.07, 6.45) is 6.62. The second-order valence-electron chi connectivity index (χ2n) is 5.62. The highest BCUT2D eigenvalue weighted by atomic mass is 16.6. The lowest BCUT2D eigenvalue weighted by Gasteiger charge is -2.07. The van der Waals surface area contributed by atoms with Gasteiger partial charge in [0.05, 0.1) is 17.2 Å². The molecule has 3 aromatic rings. The van der Waals surface area contributed by atoms with Gasteiger partial charge >= 0.3 is 0 Å². The van der Waals surface area contributed by atoms with E-state index in [1.807, 2.05) is 35.1 Å². The van der Waals surface area contributed by atoms with Crippen molar-refractivity contribution in [2.75, 3.05) is 0 Å². The van der Waals surface area contributed by atoms with Crippen molar-refractivity contribution in [3.63, 3.8) is 0 Å². The van der Waals surface area contributed by atoms with Gasteiger partial charge in [-0.2, -0.15) is 0 Å². The lowest BCUT2D eigenvalue weighted by Crippen LogP contribution is -1.99. The number of hydrogen-bond donors (Lipinski definition) is 0. The predicted molar refractivity (Wildman–Crippen MR) is 92.6 cm³/mol. The van der Waals surface area contributed by atoms with E-state index in [9.17, 15) is 10.1 Å². The summed E-state index contributed by atoms with van der Waals surface area (Å²) >= 11 is 0. The first kappa shape index (κ1) is 16.6. The van der Waals surface area contributed by atoms with Crippen molar-refractivity contribution in [1.82, 2.24) is 15.0 Å². The molecule has 0 bridgehead atoms. The third kappa shape index (κ3) is 4.87. The van der Waals surface area contributed by atoms with Gasteiger partial charge in [0.1, 0.15) is 11.5 Å². The van der Waals surface area contributed by atoms with Crippen LogP contribution in [0, 0.1) is 10.1 Å². The van der Waals surface area contributed by atoms with Gasteiger partial charge in [-0.1, -0.05) is 23.4 Å². The van der Waals surface area contributed by atoms with Gasteiger partial charge in [-0.25, -0.2) is 0 Å². The molecule has 1 heterocycles. The summed E-state index contributed by atoms with van der Waals surface area (Å²) in [6.45, 7) is 0.869. The third-order valence-electron chi connectivity index (χ3n) is 3.76. The van der Waals surface area contributed by atoms with Crippen molar-refractivity contribution in [3.8, 4) is 11.5 Å². The zero-order chi connectivity index (χ0) is 17.5. The zero-order valence-corrected chi connectivity index (χ0v) is 13.6. The maximum absolute atomic E-state index is 10.8. The maximum atomic E-state index is 10.8. The Labute approximate surface area is 145 Å². The number of aryl methyl sites for hydroxylation is 2. The van der Waals surface area contributed by atoms with Gasteiger partial charge in [-0.3, -0.25) is 14.8 Å². The Hall–Kier alpha value is -3.22. The summed E-state index contributed by atoms with van der Waals surface area (Å²) in [5.74, 6) is 1.11. The first-order valence-electron chi connectivity index (χ1n) is 8.06. The Morgan fingerprint density at radius 3 is 2.64 bits per heavy atom. The summed E-state index contributed by atoms with van der Waals surface area (Å²) in [7, 11) is 0. The normalized spacial score (nSPS) is 10.6. The van der Waals surface area contributed by atoms with Crippen LogP contribution < -0.4 is 4.74 Å². The Morgan fingerprint density at radius 1 is 1.08 bits per heavy atom. The van der Waals surface area contributed by atoms with Crippen molar-refractivity contribution in [2.24, 2.45) is 0 Å². The molecule has 1 aromatic heterocycles. The van der Waals surface area contributed by atoms with Gasteiger partial charge in [-0.05, 0) is 43.0 Å². The molecule has 0 aliphatic carbocycles. The molecule has 0 radical (unpaired) electrons. The number of unbranched alkanes of at least 4 members (excludes halogenated alkanes) is 1. The van der Waals surface area contributed by atoms with E-state index in [1.165, 1.54) is 17.7 Å². The summed E-state index contributed by atoms with van der Waals surface area (Å²) in [5.41, 5.74) is 1.24. The molecule has 0 saturated carbocycles. The predicted octanol–water partition coefficient (Wildman–Crippen LogP) is 4.00. The van der Waals surface area contributed by atoms with E-state index in [2.05, 4.69) is 10.3 Å². The number of ether oxygens (including phenoxy) is 1. The quantitative estimate of drug-likeness (QED) is 0.352. The molecule has 0 fully saturated rings. The number of non-ortho nitro benzene ring substituents is 1. The first-order chi connectivity index (χ1) is 12.2. The lowest BCUT2D eigenvalue weighted by atomic mass is 10.1. The highest BCUT2D eigenvalue weighted by Gasteiger charge is 2.07. The second kappa shape index (κ2) is 8.05. The molecule has 2 aromatic carbocycles. The first-order valence-corrected chi connectivity index (χ1v) is 8.06. The number of rotatable bonds is 8. The Balaban J connectivity index is 1.50. The van der Waals surface area contributed by atoms with E-state index < -0.39 is 4.92 Å². The van der Waals surface area contributed by atoms with Crippen LogP contribution in [0.2, 0.25) is 0 Å². The summed E-state index contributed by atoms with van der Waals surface area (Å²) in [6, 6.07) is 14.0. The highest BCUT2D eigenvalue weighted by Crippen LogP contribution is 2.25. The van der Waals surface area contributed by atoms with E-state index in [0.717, 1.165) is 25.8 Å². The third-order valence-corrected chi connectivity index (χ3v) is 3.76. The molecule has 7 nitrogen and oxygen atoms in total. The minimum Gasteiger partial charge on any atom is -0.457 e. The largest absolute Gasteiger partial charge is 0.457 e. The number of nitro groups is 1. The molecule has 0 saturated heterocycles. The van der Waals surface area contributed by atoms with E-state index in [4.69, 9.17) is 4.74 Å². The van der Waals surface area contributed by atoms with Crippen LogP contribution >= 0.6 is 0 Å². The fourth-order valence-electron chi connectivity index (χ4n) is 2.48. The smallest absolute Gasteiger partial charge is 0.273 e. The topological polar surface area (TPSA) is 83.1 Å². The zero-order valence-electron chi connectivity index (χ0n) is 13.6. The minimum absolute atomic E-state index is 0.0153. The molecule has 3 rings (SSSR count). The van der Waals surface area contributed by atoms with Gasteiger partial charge in [0, 0.05) is 18.8 Å². The SMILES string of the molecule is O=[N+]([O-])c1cccc(Oc2ccc(CCCCn3ccnn3)cc2)c1. The number of aromatic nitrogens is 3. The van der Waals surface area contributed by atoms with Crippen LogP contribution in [-0.2, 0) is 13.0 Å². The lowest BCUT2D eigenvalue weighted by molar-refractivity contribution is -0.384. The molecular weight excluding hydrogens is 320 g/mol. The Kier molecular flexibility index (Phi) is 5.36. The molecule has 0 spiro atoms. The number of benzene rings is 2. The van der Waals surface area contributed by atoms with Crippen molar-refractivity contribution in [1.29, 1.82) is 0 Å². The summed E-state index contributed by atoms with van der Waals surface area (Å²) in [5, 5.41) is 18.5. The molecular formula is C18H18N4O3. The average Bonchev–Trinajstić information content (AvgIpc) is 3.14. The molecule has 0 atom stereocenters. The van der Waals surface area contributed by atoms with Gasteiger partial charge < -0.3 is 4.74 Å². The maximum Gasteiger partial charge on any atom is 0.273 e. The minimum atomic E-state index is -0.435. The van der Waals surface area contributed by atoms with Crippen LogP contribution in [0.1, 0.15) is 18.4 Å². The molecule has 0 unspecified atom stereocenters. The van der Waals surface area contributed by atoms with E-state index >= 15 is 0 Å². The fraction of sp³-hybridized carbons (Fsp3) is 0.222. The van der Waals surface area contributed by atoms with Crippen LogP contribution in [0.5, 0.6) is 11.5 Å². The Morgan fingerprint density at radius 2 is 1.92 bits per heavy atom. The van der Waals surface area contributed by atoms with Gasteiger partial charge in [0.15, 0.2) is 0 Å². The van der Waals surface area contributed by atoms with Crippen LogP contribution in [-0.4, -0.2) is 19.9 Å². The number of nitro benzene ring substituents is 1. The molecule has 0 N–H and O–H groups in total. The fourth-order valence-corrected chi connectivity index (χ4v) is 2.48. The summed E-state index contributed by atoms with van der Waals surface area (Å²) in [4.78, 5) is 10.4. The number of nitrogens with zero attached hydrogens (tertiary/aromatic N) is 4. The van der Waals surface area contributed by atoms with E-state index in [-0.39, 0.29) is 5.69 Å². The molecule has 0 aliphatic rings. The van der Waals surface area contributed by atoms with Gasteiger partial charge in [0.25, 0.3) is 5.69 Å².